The van der Waals surface area contributed by atoms with Crippen LogP contribution in [0.5, 0.6) is 0 Å². The Labute approximate surface area is 115 Å². The normalized spacial score (nSPS) is 12.2. The van der Waals surface area contributed by atoms with Crippen LogP contribution in [0.3, 0.4) is 0 Å². The first kappa shape index (κ1) is 14.2. The Morgan fingerprint density at radius 2 is 2.16 bits per heavy atom. The Morgan fingerprint density at radius 3 is 2.84 bits per heavy atom. The summed E-state index contributed by atoms with van der Waals surface area (Å²) in [5.74, 6) is 0. The monoisotopic (exact) mass is 278 g/mol. The molecule has 5 heteroatoms. The first-order chi connectivity index (χ1) is 9.01. The lowest BCUT2D eigenvalue weighted by atomic mass is 10.4. The first-order valence-electron chi connectivity index (χ1n) is 6.63. The van der Waals surface area contributed by atoms with Crippen molar-refractivity contribution >= 4 is 19.1 Å². The highest BCUT2D eigenvalue weighted by molar-refractivity contribution is 6.76. The maximum absolute atomic E-state index is 9.41. The fourth-order valence-corrected chi connectivity index (χ4v) is 2.71. The van der Waals surface area contributed by atoms with Crippen LogP contribution in [0.15, 0.2) is 24.4 Å². The number of fused-ring (bicyclic) bond motifs is 1. The lowest BCUT2D eigenvalue weighted by Gasteiger charge is -2.16. The van der Waals surface area contributed by atoms with Gasteiger partial charge in [0.1, 0.15) is 6.73 Å². The van der Waals surface area contributed by atoms with Gasteiger partial charge in [-0.25, -0.2) is 0 Å². The standard InChI is InChI=1S/C14H22N2O2Si/c1-19(2,3)8-7-18-11-16-12(10-17)9-13-14(16)5-4-6-15-13/h4-6,9,17H,7-8,10-11H2,1-3H3. The molecule has 0 aliphatic rings. The Hall–Kier alpha value is -1.17. The molecule has 0 fully saturated rings. The average Bonchev–Trinajstić information content (AvgIpc) is 2.71. The lowest BCUT2D eigenvalue weighted by molar-refractivity contribution is 0.0854. The van der Waals surface area contributed by atoms with Gasteiger partial charge in [-0.1, -0.05) is 19.6 Å². The average molecular weight is 278 g/mol. The maximum atomic E-state index is 9.41. The van der Waals surface area contributed by atoms with E-state index in [0.717, 1.165) is 29.4 Å². The molecule has 0 bridgehead atoms. The molecule has 0 spiro atoms. The van der Waals surface area contributed by atoms with Gasteiger partial charge in [0.05, 0.1) is 17.6 Å². The van der Waals surface area contributed by atoms with Crippen molar-refractivity contribution in [3.05, 3.63) is 30.1 Å². The van der Waals surface area contributed by atoms with Gasteiger partial charge in [-0.15, -0.1) is 0 Å². The molecular weight excluding hydrogens is 256 g/mol. The number of pyridine rings is 1. The van der Waals surface area contributed by atoms with Gasteiger partial charge in [-0.05, 0) is 24.2 Å². The molecule has 2 aromatic heterocycles. The number of aliphatic hydroxyl groups is 1. The summed E-state index contributed by atoms with van der Waals surface area (Å²) in [5, 5.41) is 9.41. The number of aliphatic hydroxyl groups excluding tert-OH is 1. The second-order valence-electron chi connectivity index (χ2n) is 5.98. The fourth-order valence-electron chi connectivity index (χ4n) is 1.96. The molecule has 0 unspecified atom stereocenters. The zero-order valence-electron chi connectivity index (χ0n) is 11.9. The van der Waals surface area contributed by atoms with Gasteiger partial charge in [0.2, 0.25) is 0 Å². The van der Waals surface area contributed by atoms with Crippen LogP contribution < -0.4 is 0 Å². The van der Waals surface area contributed by atoms with Crippen LogP contribution in [0.1, 0.15) is 5.69 Å². The molecule has 19 heavy (non-hydrogen) atoms. The third-order valence-corrected chi connectivity index (χ3v) is 4.84. The van der Waals surface area contributed by atoms with Crippen LogP contribution in [-0.2, 0) is 18.1 Å². The van der Waals surface area contributed by atoms with Gasteiger partial charge in [0.25, 0.3) is 0 Å². The van der Waals surface area contributed by atoms with E-state index in [1.54, 1.807) is 6.20 Å². The van der Waals surface area contributed by atoms with Gasteiger partial charge < -0.3 is 14.4 Å². The summed E-state index contributed by atoms with van der Waals surface area (Å²) in [4.78, 5) is 4.30. The molecular formula is C14H22N2O2Si. The number of hydrogen-bond donors (Lipinski definition) is 1. The topological polar surface area (TPSA) is 47.3 Å². The fraction of sp³-hybridized carbons (Fsp3) is 0.500. The van der Waals surface area contributed by atoms with E-state index < -0.39 is 8.07 Å². The third kappa shape index (κ3) is 3.65. The van der Waals surface area contributed by atoms with Crippen molar-refractivity contribution < 1.29 is 9.84 Å². The molecule has 0 aromatic carbocycles. The minimum atomic E-state index is -1.05. The molecule has 4 nitrogen and oxygen atoms in total. The Kier molecular flexibility index (Phi) is 4.39. The molecule has 0 saturated heterocycles. The smallest absolute Gasteiger partial charge is 0.123 e. The van der Waals surface area contributed by atoms with Gasteiger partial charge in [0, 0.05) is 26.6 Å². The molecule has 104 valence electrons. The second kappa shape index (κ2) is 5.86. The molecule has 0 aliphatic carbocycles. The van der Waals surface area contributed by atoms with E-state index in [0.29, 0.717) is 6.73 Å². The van der Waals surface area contributed by atoms with Crippen molar-refractivity contribution in [3.63, 3.8) is 0 Å². The summed E-state index contributed by atoms with van der Waals surface area (Å²) < 4.78 is 7.76. The van der Waals surface area contributed by atoms with E-state index in [1.807, 2.05) is 22.8 Å². The highest BCUT2D eigenvalue weighted by Crippen LogP contribution is 2.18. The van der Waals surface area contributed by atoms with Crippen LogP contribution >= 0.6 is 0 Å². The van der Waals surface area contributed by atoms with Gasteiger partial charge in [0.15, 0.2) is 0 Å². The molecule has 0 saturated carbocycles. The lowest BCUT2D eigenvalue weighted by Crippen LogP contribution is -2.22. The quantitative estimate of drug-likeness (QED) is 0.653. The largest absolute Gasteiger partial charge is 0.390 e. The molecule has 1 N–H and O–H groups in total. The Morgan fingerprint density at radius 1 is 1.37 bits per heavy atom. The van der Waals surface area contributed by atoms with Crippen LogP contribution in [-0.4, -0.2) is 29.3 Å². The van der Waals surface area contributed by atoms with Crippen molar-refractivity contribution in [3.8, 4) is 0 Å². The number of nitrogens with zero attached hydrogens (tertiary/aromatic N) is 2. The Balaban J connectivity index is 2.07. The maximum Gasteiger partial charge on any atom is 0.123 e. The zero-order valence-corrected chi connectivity index (χ0v) is 12.9. The van der Waals surface area contributed by atoms with E-state index in [2.05, 4.69) is 24.6 Å². The van der Waals surface area contributed by atoms with Crippen molar-refractivity contribution in [2.45, 2.75) is 39.0 Å². The van der Waals surface area contributed by atoms with Crippen LogP contribution in [0.2, 0.25) is 25.7 Å². The van der Waals surface area contributed by atoms with E-state index in [-0.39, 0.29) is 6.61 Å². The molecule has 2 rings (SSSR count). The highest BCUT2D eigenvalue weighted by Gasteiger charge is 2.13. The number of hydrogen-bond acceptors (Lipinski definition) is 3. The summed E-state index contributed by atoms with van der Waals surface area (Å²) in [6.07, 6.45) is 1.76. The predicted molar refractivity (Wildman–Crippen MR) is 79.8 cm³/mol. The molecule has 0 aliphatic heterocycles. The summed E-state index contributed by atoms with van der Waals surface area (Å²) in [5.41, 5.74) is 2.77. The Bertz CT molecular complexity index is 546. The van der Waals surface area contributed by atoms with Crippen LogP contribution in [0.4, 0.5) is 0 Å². The van der Waals surface area contributed by atoms with Gasteiger partial charge >= 0.3 is 0 Å². The second-order valence-corrected chi connectivity index (χ2v) is 11.6. The SMILES string of the molecule is C[Si](C)(C)CCOCn1c(CO)cc2ncccc21. The highest BCUT2D eigenvalue weighted by atomic mass is 28.3. The summed E-state index contributed by atoms with van der Waals surface area (Å²) in [6, 6.07) is 6.97. The summed E-state index contributed by atoms with van der Waals surface area (Å²) in [6.45, 7) is 8.28. The van der Waals surface area contributed by atoms with Crippen LogP contribution in [0, 0.1) is 0 Å². The van der Waals surface area contributed by atoms with Crippen molar-refractivity contribution in [2.24, 2.45) is 0 Å². The van der Waals surface area contributed by atoms with E-state index in [9.17, 15) is 5.11 Å². The van der Waals surface area contributed by atoms with Crippen molar-refractivity contribution in [2.75, 3.05) is 6.61 Å². The summed E-state index contributed by atoms with van der Waals surface area (Å²) >= 11 is 0. The molecule has 2 heterocycles. The van der Waals surface area contributed by atoms with E-state index in [1.165, 1.54) is 0 Å². The molecule has 0 atom stereocenters. The zero-order chi connectivity index (χ0) is 13.9. The molecule has 2 aromatic rings. The third-order valence-electron chi connectivity index (χ3n) is 3.14. The molecule has 0 amide bonds. The first-order valence-corrected chi connectivity index (χ1v) is 10.3. The van der Waals surface area contributed by atoms with Crippen LogP contribution in [0.25, 0.3) is 11.0 Å². The van der Waals surface area contributed by atoms with E-state index >= 15 is 0 Å². The van der Waals surface area contributed by atoms with E-state index in [4.69, 9.17) is 4.74 Å². The summed E-state index contributed by atoms with van der Waals surface area (Å²) in [7, 11) is -1.05. The molecule has 0 radical (unpaired) electrons. The minimum absolute atomic E-state index is 0.00768. The predicted octanol–water partition coefficient (Wildman–Crippen LogP) is 2.84. The van der Waals surface area contributed by atoms with Gasteiger partial charge in [-0.2, -0.15) is 0 Å². The number of ether oxygens (including phenoxy) is 1. The van der Waals surface area contributed by atoms with Gasteiger partial charge in [-0.3, -0.25) is 4.98 Å². The number of rotatable bonds is 6. The van der Waals surface area contributed by atoms with Crippen molar-refractivity contribution in [1.29, 1.82) is 0 Å². The minimum Gasteiger partial charge on any atom is -0.390 e. The van der Waals surface area contributed by atoms with Crippen molar-refractivity contribution in [1.82, 2.24) is 9.55 Å². The number of aromatic nitrogens is 2.